The molecule has 0 aromatic carbocycles. The summed E-state index contributed by atoms with van der Waals surface area (Å²) >= 11 is 13.7. The van der Waals surface area contributed by atoms with E-state index in [-0.39, 0.29) is 5.92 Å². The van der Waals surface area contributed by atoms with Gasteiger partial charge in [0.2, 0.25) is 0 Å². The van der Waals surface area contributed by atoms with Crippen LogP contribution in [0.25, 0.3) is 10.1 Å². The lowest BCUT2D eigenvalue weighted by atomic mass is 10.1. The molecule has 1 atom stereocenters. The molecule has 3 heterocycles. The second kappa shape index (κ2) is 6.23. The molecule has 0 bridgehead atoms. The van der Waals surface area contributed by atoms with Crippen LogP contribution in [0.4, 0.5) is 5.82 Å². The summed E-state index contributed by atoms with van der Waals surface area (Å²) in [7, 11) is 0. The zero-order valence-electron chi connectivity index (χ0n) is 11.9. The number of thiophene rings is 1. The summed E-state index contributed by atoms with van der Waals surface area (Å²) in [6.45, 7) is 1.99. The fourth-order valence-electron chi connectivity index (χ4n) is 2.11. The maximum absolute atomic E-state index is 6.27. The van der Waals surface area contributed by atoms with Gasteiger partial charge in [0.05, 0.1) is 21.2 Å². The van der Waals surface area contributed by atoms with E-state index in [9.17, 15) is 0 Å². The lowest BCUT2D eigenvalue weighted by Gasteiger charge is -2.13. The summed E-state index contributed by atoms with van der Waals surface area (Å²) in [5, 5.41) is 4.36. The molecule has 0 fully saturated rings. The molecule has 114 valence electrons. The van der Waals surface area contributed by atoms with Gasteiger partial charge in [-0.1, -0.05) is 11.6 Å². The van der Waals surface area contributed by atoms with Gasteiger partial charge in [-0.05, 0) is 36.1 Å². The first-order chi connectivity index (χ1) is 10.5. The van der Waals surface area contributed by atoms with Gasteiger partial charge in [-0.3, -0.25) is 0 Å². The van der Waals surface area contributed by atoms with Crippen molar-refractivity contribution >= 4 is 63.2 Å². The Morgan fingerprint density at radius 1 is 1.36 bits per heavy atom. The lowest BCUT2D eigenvalue weighted by molar-refractivity contribution is 0.756. The first-order valence-corrected chi connectivity index (χ1v) is 9.38. The van der Waals surface area contributed by atoms with Crippen molar-refractivity contribution in [2.45, 2.75) is 22.8 Å². The average Bonchev–Trinajstić information content (AvgIpc) is 2.98. The summed E-state index contributed by atoms with van der Waals surface area (Å²) in [4.78, 5) is 14.0. The number of nitrogens with zero attached hydrogens (tertiary/aromatic N) is 3. The molecule has 0 radical (unpaired) electrons. The number of fused-ring (bicyclic) bond motifs is 1. The first-order valence-electron chi connectivity index (χ1n) is 6.45. The Balaban J connectivity index is 2.09. The molecule has 0 saturated heterocycles. The molecule has 0 aliphatic carbocycles. The van der Waals surface area contributed by atoms with E-state index in [4.69, 9.17) is 17.3 Å². The first kappa shape index (κ1) is 15.9. The predicted molar refractivity (Wildman–Crippen MR) is 97.6 cm³/mol. The minimum Gasteiger partial charge on any atom is -0.383 e. The third-order valence-electron chi connectivity index (χ3n) is 3.33. The molecule has 0 saturated carbocycles. The van der Waals surface area contributed by atoms with E-state index >= 15 is 0 Å². The van der Waals surface area contributed by atoms with Gasteiger partial charge in [0.1, 0.15) is 21.8 Å². The molecule has 0 aliphatic rings. The molecule has 0 spiro atoms. The monoisotopic (exact) mass is 368 g/mol. The van der Waals surface area contributed by atoms with Crippen LogP contribution in [0, 0.1) is 0 Å². The van der Waals surface area contributed by atoms with Gasteiger partial charge >= 0.3 is 0 Å². The van der Waals surface area contributed by atoms with Gasteiger partial charge in [-0.15, -0.1) is 35.7 Å². The van der Waals surface area contributed by atoms with E-state index in [2.05, 4.69) is 27.6 Å². The van der Waals surface area contributed by atoms with Crippen molar-refractivity contribution in [2.75, 3.05) is 12.0 Å². The molecule has 8 heteroatoms. The Morgan fingerprint density at radius 3 is 2.86 bits per heavy atom. The van der Waals surface area contributed by atoms with E-state index in [1.165, 1.54) is 11.8 Å². The van der Waals surface area contributed by atoms with Crippen LogP contribution in [0.1, 0.15) is 24.4 Å². The van der Waals surface area contributed by atoms with Gasteiger partial charge in [-0.25, -0.2) is 15.0 Å². The fourth-order valence-corrected chi connectivity index (χ4v) is 4.07. The van der Waals surface area contributed by atoms with E-state index in [1.807, 2.05) is 30.7 Å². The minimum absolute atomic E-state index is 0.107. The van der Waals surface area contributed by atoms with Crippen LogP contribution < -0.4 is 5.73 Å². The number of nitrogen functional groups attached to an aromatic ring is 1. The summed E-state index contributed by atoms with van der Waals surface area (Å²) in [6, 6.07) is 4.05. The van der Waals surface area contributed by atoms with Crippen LogP contribution >= 0.6 is 47.3 Å². The number of hydrogen-bond acceptors (Lipinski definition) is 7. The molecule has 4 nitrogen and oxygen atoms in total. The van der Waals surface area contributed by atoms with Crippen molar-refractivity contribution in [1.82, 2.24) is 15.0 Å². The minimum atomic E-state index is -0.107. The Labute approximate surface area is 146 Å². The third-order valence-corrected chi connectivity index (χ3v) is 5.93. The van der Waals surface area contributed by atoms with Crippen molar-refractivity contribution in [3.05, 3.63) is 34.2 Å². The van der Waals surface area contributed by atoms with Crippen LogP contribution in [0.3, 0.4) is 0 Å². The third kappa shape index (κ3) is 2.78. The topological polar surface area (TPSA) is 64.7 Å². The van der Waals surface area contributed by atoms with Gasteiger partial charge in [0.25, 0.3) is 0 Å². The van der Waals surface area contributed by atoms with Crippen LogP contribution in [0.2, 0.25) is 5.15 Å². The zero-order chi connectivity index (χ0) is 15.9. The Hall–Kier alpha value is -1.02. The Morgan fingerprint density at radius 2 is 2.14 bits per heavy atom. The molecule has 0 amide bonds. The summed E-state index contributed by atoms with van der Waals surface area (Å²) in [5.74, 6) is 0.897. The lowest BCUT2D eigenvalue weighted by Crippen LogP contribution is -2.08. The standard InChI is InChI=1S/C14H13ClN4S3/c1-6(13-18-12(16)9(20)14(19-13)21-2)8-5-7-3-4-22-10(7)11(15)17-8/h3-6,20H,1-2H3,(H2,16,18,19). The highest BCUT2D eigenvalue weighted by Crippen LogP contribution is 2.33. The highest BCUT2D eigenvalue weighted by Gasteiger charge is 2.18. The highest BCUT2D eigenvalue weighted by atomic mass is 35.5. The molecule has 0 aliphatic heterocycles. The molecule has 3 aromatic rings. The quantitative estimate of drug-likeness (QED) is 0.309. The fraction of sp³-hybridized carbons (Fsp3) is 0.214. The van der Waals surface area contributed by atoms with Crippen LogP contribution in [-0.2, 0) is 0 Å². The van der Waals surface area contributed by atoms with E-state index in [0.717, 1.165) is 20.8 Å². The maximum atomic E-state index is 6.27. The number of aromatic nitrogens is 3. The Kier molecular flexibility index (Phi) is 4.49. The number of thioether (sulfide) groups is 1. The van der Waals surface area contributed by atoms with Crippen molar-refractivity contribution in [3.63, 3.8) is 0 Å². The number of hydrogen-bond donors (Lipinski definition) is 2. The summed E-state index contributed by atoms with van der Waals surface area (Å²) in [6.07, 6.45) is 1.93. The number of pyridine rings is 1. The van der Waals surface area contributed by atoms with Crippen molar-refractivity contribution in [3.8, 4) is 0 Å². The van der Waals surface area contributed by atoms with E-state index in [0.29, 0.717) is 21.7 Å². The largest absolute Gasteiger partial charge is 0.383 e. The number of thiol groups is 1. The summed E-state index contributed by atoms with van der Waals surface area (Å²) in [5.41, 5.74) is 6.76. The van der Waals surface area contributed by atoms with Crippen molar-refractivity contribution in [1.29, 1.82) is 0 Å². The maximum Gasteiger partial charge on any atom is 0.147 e. The molecular formula is C14H13ClN4S3. The van der Waals surface area contributed by atoms with Crippen molar-refractivity contribution in [2.24, 2.45) is 0 Å². The number of anilines is 1. The second-order valence-electron chi connectivity index (χ2n) is 4.72. The van der Waals surface area contributed by atoms with Crippen LogP contribution in [0.15, 0.2) is 27.4 Å². The molecule has 3 aromatic heterocycles. The molecule has 22 heavy (non-hydrogen) atoms. The number of rotatable bonds is 3. The van der Waals surface area contributed by atoms with E-state index in [1.54, 1.807) is 11.3 Å². The Bertz CT molecular complexity index is 849. The number of nitrogens with two attached hydrogens (primary N) is 1. The van der Waals surface area contributed by atoms with Gasteiger partial charge in [0, 0.05) is 0 Å². The molecule has 2 N–H and O–H groups in total. The molecule has 3 rings (SSSR count). The SMILES string of the molecule is CSc1nc(C(C)c2cc3ccsc3c(Cl)n2)nc(N)c1S. The van der Waals surface area contributed by atoms with Crippen LogP contribution in [-0.4, -0.2) is 21.2 Å². The van der Waals surface area contributed by atoms with Gasteiger partial charge in [0.15, 0.2) is 0 Å². The van der Waals surface area contributed by atoms with Crippen LogP contribution in [0.5, 0.6) is 0 Å². The average molecular weight is 369 g/mol. The zero-order valence-corrected chi connectivity index (χ0v) is 15.2. The normalized spacial score (nSPS) is 12.7. The van der Waals surface area contributed by atoms with E-state index < -0.39 is 0 Å². The predicted octanol–water partition coefficient (Wildman–Crippen LogP) is 4.48. The summed E-state index contributed by atoms with van der Waals surface area (Å²) < 4.78 is 0.994. The van der Waals surface area contributed by atoms with Crippen molar-refractivity contribution < 1.29 is 0 Å². The van der Waals surface area contributed by atoms with Gasteiger partial charge < -0.3 is 5.73 Å². The van der Waals surface area contributed by atoms with Gasteiger partial charge in [-0.2, -0.15) is 0 Å². The smallest absolute Gasteiger partial charge is 0.147 e. The molecular weight excluding hydrogens is 356 g/mol. The number of halogens is 1. The highest BCUT2D eigenvalue weighted by molar-refractivity contribution is 7.99. The second-order valence-corrected chi connectivity index (χ2v) is 7.24. The molecule has 1 unspecified atom stereocenters.